The molecule has 0 aliphatic carbocycles. The Morgan fingerprint density at radius 2 is 2.08 bits per heavy atom. The molecule has 3 aromatic rings. The number of hydrogen-bond acceptors (Lipinski definition) is 6. The van der Waals surface area contributed by atoms with E-state index in [0.717, 1.165) is 17.8 Å². The van der Waals surface area contributed by atoms with E-state index in [1.165, 1.54) is 22.9 Å². The third kappa shape index (κ3) is 3.22. The normalized spacial score (nSPS) is 13.8. The van der Waals surface area contributed by atoms with Gasteiger partial charge in [0, 0.05) is 13.1 Å². The van der Waals surface area contributed by atoms with Crippen LogP contribution in [0.25, 0.3) is 10.8 Å². The molecule has 1 aromatic carbocycles. The van der Waals surface area contributed by atoms with Crippen LogP contribution in [-0.4, -0.2) is 33.3 Å². The van der Waals surface area contributed by atoms with E-state index in [9.17, 15) is 4.79 Å². The van der Waals surface area contributed by atoms with E-state index in [-0.39, 0.29) is 5.91 Å². The Morgan fingerprint density at radius 1 is 1.21 bits per heavy atom. The Kier molecular flexibility index (Phi) is 4.36. The zero-order valence-electron chi connectivity index (χ0n) is 12.8. The highest BCUT2D eigenvalue weighted by atomic mass is 32.2. The zero-order valence-corrected chi connectivity index (χ0v) is 14.5. The summed E-state index contributed by atoms with van der Waals surface area (Å²) in [6, 6.07) is 12.2. The van der Waals surface area contributed by atoms with Crippen LogP contribution in [0.1, 0.15) is 11.1 Å². The predicted octanol–water partition coefficient (Wildman–Crippen LogP) is 3.48. The summed E-state index contributed by atoms with van der Waals surface area (Å²) in [5.74, 6) is 0.922. The molecule has 1 amide bonds. The quantitative estimate of drug-likeness (QED) is 0.669. The van der Waals surface area contributed by atoms with Crippen molar-refractivity contribution in [3.8, 4) is 10.8 Å². The van der Waals surface area contributed by atoms with Crippen LogP contribution in [0.3, 0.4) is 0 Å². The van der Waals surface area contributed by atoms with Gasteiger partial charge in [-0.1, -0.05) is 42.1 Å². The summed E-state index contributed by atoms with van der Waals surface area (Å²) in [4.78, 5) is 15.3. The van der Waals surface area contributed by atoms with Crippen LogP contribution in [0.15, 0.2) is 51.4 Å². The molecule has 2 aromatic heterocycles. The SMILES string of the molecule is O=C(CSc1nnc(-c2cccs2)o1)N1CCc2ccccc2C1. The van der Waals surface area contributed by atoms with Gasteiger partial charge in [-0.3, -0.25) is 4.79 Å². The summed E-state index contributed by atoms with van der Waals surface area (Å²) in [6.07, 6.45) is 0.912. The number of amides is 1. The molecule has 4 rings (SSSR count). The predicted molar refractivity (Wildman–Crippen MR) is 93.9 cm³/mol. The maximum atomic E-state index is 12.4. The summed E-state index contributed by atoms with van der Waals surface area (Å²) in [6.45, 7) is 1.44. The van der Waals surface area contributed by atoms with Crippen molar-refractivity contribution in [1.82, 2.24) is 15.1 Å². The molecule has 122 valence electrons. The average Bonchev–Trinajstić information content (AvgIpc) is 3.30. The second-order valence-electron chi connectivity index (χ2n) is 5.47. The molecular formula is C17H15N3O2S2. The minimum Gasteiger partial charge on any atom is -0.410 e. The number of carbonyl (C=O) groups is 1. The number of hydrogen-bond donors (Lipinski definition) is 0. The van der Waals surface area contributed by atoms with E-state index in [0.29, 0.717) is 23.4 Å². The van der Waals surface area contributed by atoms with Crippen LogP contribution >= 0.6 is 23.1 Å². The highest BCUT2D eigenvalue weighted by Gasteiger charge is 2.21. The number of thioether (sulfide) groups is 1. The fourth-order valence-electron chi connectivity index (χ4n) is 2.69. The van der Waals surface area contributed by atoms with Gasteiger partial charge < -0.3 is 9.32 Å². The Hall–Kier alpha value is -2.12. The topological polar surface area (TPSA) is 59.2 Å². The summed E-state index contributed by atoms with van der Waals surface area (Å²) < 4.78 is 5.60. The molecule has 0 spiro atoms. The van der Waals surface area contributed by atoms with Gasteiger partial charge in [-0.25, -0.2) is 0 Å². The highest BCUT2D eigenvalue weighted by Crippen LogP contribution is 2.27. The van der Waals surface area contributed by atoms with E-state index >= 15 is 0 Å². The molecule has 0 N–H and O–H groups in total. The third-order valence-corrected chi connectivity index (χ3v) is 5.60. The van der Waals surface area contributed by atoms with Crippen LogP contribution in [0.4, 0.5) is 0 Å². The molecule has 0 atom stereocenters. The van der Waals surface area contributed by atoms with Crippen LogP contribution in [0, 0.1) is 0 Å². The molecule has 1 aliphatic rings. The van der Waals surface area contributed by atoms with Crippen LogP contribution in [0.2, 0.25) is 0 Å². The molecule has 1 aliphatic heterocycles. The molecule has 0 unspecified atom stereocenters. The number of carbonyl (C=O) groups excluding carboxylic acids is 1. The Balaban J connectivity index is 1.36. The first-order chi connectivity index (χ1) is 11.8. The minimum atomic E-state index is 0.102. The van der Waals surface area contributed by atoms with Gasteiger partial charge in [-0.05, 0) is 29.0 Å². The van der Waals surface area contributed by atoms with E-state index in [1.54, 1.807) is 11.3 Å². The molecule has 3 heterocycles. The summed E-state index contributed by atoms with van der Waals surface area (Å²) >= 11 is 2.84. The van der Waals surface area contributed by atoms with Crippen molar-refractivity contribution in [3.63, 3.8) is 0 Å². The number of thiophene rings is 1. The van der Waals surface area contributed by atoms with E-state index in [1.807, 2.05) is 34.5 Å². The molecule has 0 saturated carbocycles. The number of benzene rings is 1. The largest absolute Gasteiger partial charge is 0.410 e. The van der Waals surface area contributed by atoms with Gasteiger partial charge in [0.25, 0.3) is 11.1 Å². The first-order valence-electron chi connectivity index (χ1n) is 7.64. The lowest BCUT2D eigenvalue weighted by Gasteiger charge is -2.28. The first kappa shape index (κ1) is 15.4. The van der Waals surface area contributed by atoms with Gasteiger partial charge in [0.2, 0.25) is 5.91 Å². The summed E-state index contributed by atoms with van der Waals surface area (Å²) in [5.41, 5.74) is 2.58. The highest BCUT2D eigenvalue weighted by molar-refractivity contribution is 7.99. The Morgan fingerprint density at radius 3 is 2.92 bits per heavy atom. The molecule has 5 nitrogen and oxygen atoms in total. The first-order valence-corrected chi connectivity index (χ1v) is 9.51. The number of aromatic nitrogens is 2. The molecule has 0 bridgehead atoms. The maximum Gasteiger partial charge on any atom is 0.277 e. The molecular weight excluding hydrogens is 342 g/mol. The van der Waals surface area contributed by atoms with Gasteiger partial charge >= 0.3 is 0 Å². The van der Waals surface area contributed by atoms with Crippen molar-refractivity contribution in [2.45, 2.75) is 18.2 Å². The maximum absolute atomic E-state index is 12.4. The lowest BCUT2D eigenvalue weighted by atomic mass is 10.00. The van der Waals surface area contributed by atoms with Gasteiger partial charge in [-0.2, -0.15) is 0 Å². The molecule has 24 heavy (non-hydrogen) atoms. The molecule has 7 heteroatoms. The fraction of sp³-hybridized carbons (Fsp3) is 0.235. The van der Waals surface area contributed by atoms with Gasteiger partial charge in [0.15, 0.2) is 0 Å². The summed E-state index contributed by atoms with van der Waals surface area (Å²) in [5, 5.41) is 10.4. The monoisotopic (exact) mass is 357 g/mol. The fourth-order valence-corrected chi connectivity index (χ4v) is 4.00. The average molecular weight is 357 g/mol. The number of fused-ring (bicyclic) bond motifs is 1. The minimum absolute atomic E-state index is 0.102. The van der Waals surface area contributed by atoms with Crippen LogP contribution < -0.4 is 0 Å². The standard InChI is InChI=1S/C17H15N3O2S2/c21-15(20-8-7-12-4-1-2-5-13(12)10-20)11-24-17-19-18-16(22-17)14-6-3-9-23-14/h1-6,9H,7-8,10-11H2. The van der Waals surface area contributed by atoms with Crippen molar-refractivity contribution in [2.24, 2.45) is 0 Å². The van der Waals surface area contributed by atoms with Gasteiger partial charge in [-0.15, -0.1) is 21.5 Å². The molecule has 0 radical (unpaired) electrons. The lowest BCUT2D eigenvalue weighted by molar-refractivity contribution is -0.129. The van der Waals surface area contributed by atoms with Crippen molar-refractivity contribution >= 4 is 29.0 Å². The second-order valence-corrected chi connectivity index (χ2v) is 7.35. The number of rotatable bonds is 4. The molecule has 0 fully saturated rings. The van der Waals surface area contributed by atoms with Crippen LogP contribution in [0.5, 0.6) is 0 Å². The van der Waals surface area contributed by atoms with Crippen molar-refractivity contribution in [3.05, 3.63) is 52.9 Å². The Labute approximate surface area is 147 Å². The van der Waals surface area contributed by atoms with E-state index in [2.05, 4.69) is 22.3 Å². The smallest absolute Gasteiger partial charge is 0.277 e. The van der Waals surface area contributed by atoms with Gasteiger partial charge in [0.05, 0.1) is 10.6 Å². The van der Waals surface area contributed by atoms with Crippen molar-refractivity contribution in [2.75, 3.05) is 12.3 Å². The van der Waals surface area contributed by atoms with E-state index < -0.39 is 0 Å². The van der Waals surface area contributed by atoms with Crippen molar-refractivity contribution in [1.29, 1.82) is 0 Å². The van der Waals surface area contributed by atoms with Gasteiger partial charge in [0.1, 0.15) is 0 Å². The zero-order chi connectivity index (χ0) is 16.4. The third-order valence-electron chi connectivity index (χ3n) is 3.94. The Bertz CT molecular complexity index is 845. The van der Waals surface area contributed by atoms with Crippen molar-refractivity contribution < 1.29 is 9.21 Å². The second kappa shape index (κ2) is 6.78. The summed E-state index contributed by atoms with van der Waals surface area (Å²) in [7, 11) is 0. The lowest BCUT2D eigenvalue weighted by Crippen LogP contribution is -2.37. The van der Waals surface area contributed by atoms with Crippen LogP contribution in [-0.2, 0) is 17.8 Å². The number of nitrogens with zero attached hydrogens (tertiary/aromatic N) is 3. The van der Waals surface area contributed by atoms with E-state index in [4.69, 9.17) is 4.42 Å². The molecule has 0 saturated heterocycles.